The molecule has 3 N–H and O–H groups in total. The first-order chi connectivity index (χ1) is 5.74. The molecule has 0 aromatic rings. The van der Waals surface area contributed by atoms with Crippen molar-refractivity contribution in [3.63, 3.8) is 0 Å². The number of nitrogens with one attached hydrogen (secondary N) is 1. The molecule has 0 aromatic carbocycles. The Labute approximate surface area is 78.5 Å². The Morgan fingerprint density at radius 3 is 2.75 bits per heavy atom. The summed E-state index contributed by atoms with van der Waals surface area (Å²) in [7, 11) is 0. The second-order valence-corrected chi connectivity index (χ2v) is 3.59. The maximum atomic E-state index is 11.1. The summed E-state index contributed by atoms with van der Waals surface area (Å²) in [6.07, 6.45) is 3.94. The SMILES string of the molecule is CCCC(CN)NC(=O)CSC. The summed E-state index contributed by atoms with van der Waals surface area (Å²) in [6.45, 7) is 2.62. The lowest BCUT2D eigenvalue weighted by Crippen LogP contribution is -2.40. The van der Waals surface area contributed by atoms with E-state index in [1.165, 1.54) is 11.8 Å². The molecule has 12 heavy (non-hydrogen) atoms. The number of carbonyl (C=O) groups excluding carboxylic acids is 1. The topological polar surface area (TPSA) is 55.1 Å². The predicted octanol–water partition coefficient (Wildman–Crippen LogP) is 0.593. The Kier molecular flexibility index (Phi) is 7.29. The first kappa shape index (κ1) is 11.8. The van der Waals surface area contributed by atoms with Gasteiger partial charge in [-0.15, -0.1) is 0 Å². The van der Waals surface area contributed by atoms with E-state index in [2.05, 4.69) is 12.2 Å². The monoisotopic (exact) mass is 190 g/mol. The van der Waals surface area contributed by atoms with Gasteiger partial charge in [-0.1, -0.05) is 13.3 Å². The van der Waals surface area contributed by atoms with Gasteiger partial charge in [-0.25, -0.2) is 0 Å². The van der Waals surface area contributed by atoms with Crippen LogP contribution in [0, 0.1) is 0 Å². The van der Waals surface area contributed by atoms with Gasteiger partial charge in [0.25, 0.3) is 0 Å². The van der Waals surface area contributed by atoms with Crippen molar-refractivity contribution < 1.29 is 4.79 Å². The highest BCUT2D eigenvalue weighted by molar-refractivity contribution is 7.99. The summed E-state index contributed by atoms with van der Waals surface area (Å²) < 4.78 is 0. The van der Waals surface area contributed by atoms with Gasteiger partial charge in [0.05, 0.1) is 5.75 Å². The molecule has 0 aromatic heterocycles. The van der Waals surface area contributed by atoms with E-state index in [1.54, 1.807) is 0 Å². The van der Waals surface area contributed by atoms with Crippen molar-refractivity contribution in [3.05, 3.63) is 0 Å². The Bertz CT molecular complexity index is 130. The van der Waals surface area contributed by atoms with Crippen LogP contribution in [0.4, 0.5) is 0 Å². The van der Waals surface area contributed by atoms with Gasteiger partial charge in [0.2, 0.25) is 5.91 Å². The summed E-state index contributed by atoms with van der Waals surface area (Å²) in [6, 6.07) is 0.162. The van der Waals surface area contributed by atoms with Gasteiger partial charge < -0.3 is 11.1 Å². The molecule has 1 amide bonds. The lowest BCUT2D eigenvalue weighted by atomic mass is 10.2. The third-order valence-corrected chi connectivity index (χ3v) is 2.11. The largest absolute Gasteiger partial charge is 0.351 e. The summed E-state index contributed by atoms with van der Waals surface area (Å²) >= 11 is 1.53. The van der Waals surface area contributed by atoms with Crippen LogP contribution in [0.25, 0.3) is 0 Å². The van der Waals surface area contributed by atoms with Crippen LogP contribution < -0.4 is 11.1 Å². The first-order valence-corrected chi connectivity index (χ1v) is 5.62. The van der Waals surface area contributed by atoms with Gasteiger partial charge in [-0.2, -0.15) is 11.8 Å². The third kappa shape index (κ3) is 5.43. The Hall–Kier alpha value is -0.220. The molecule has 0 radical (unpaired) electrons. The molecule has 1 unspecified atom stereocenters. The Morgan fingerprint density at radius 2 is 2.33 bits per heavy atom. The molecule has 72 valence electrons. The van der Waals surface area contributed by atoms with E-state index in [0.717, 1.165) is 12.8 Å². The molecule has 0 bridgehead atoms. The zero-order valence-electron chi connectivity index (χ0n) is 7.80. The number of hydrogen-bond acceptors (Lipinski definition) is 3. The molecular weight excluding hydrogens is 172 g/mol. The van der Waals surface area contributed by atoms with Crippen LogP contribution >= 0.6 is 11.8 Å². The molecule has 0 saturated heterocycles. The predicted molar refractivity (Wildman–Crippen MR) is 54.3 cm³/mol. The molecule has 0 aliphatic rings. The number of hydrogen-bond donors (Lipinski definition) is 2. The van der Waals surface area contributed by atoms with Crippen molar-refractivity contribution in [1.29, 1.82) is 0 Å². The van der Waals surface area contributed by atoms with Crippen molar-refractivity contribution >= 4 is 17.7 Å². The zero-order valence-corrected chi connectivity index (χ0v) is 8.62. The Balaban J connectivity index is 3.61. The van der Waals surface area contributed by atoms with Crippen molar-refractivity contribution in [3.8, 4) is 0 Å². The molecule has 0 spiro atoms. The lowest BCUT2D eigenvalue weighted by molar-refractivity contribution is -0.119. The van der Waals surface area contributed by atoms with Gasteiger partial charge in [0.15, 0.2) is 0 Å². The molecular formula is C8H18N2OS. The summed E-state index contributed by atoms with van der Waals surface area (Å²) in [5.41, 5.74) is 5.48. The average molecular weight is 190 g/mol. The van der Waals surface area contributed by atoms with E-state index in [4.69, 9.17) is 5.73 Å². The fourth-order valence-corrected chi connectivity index (χ4v) is 1.34. The van der Waals surface area contributed by atoms with Gasteiger partial charge in [0.1, 0.15) is 0 Å². The highest BCUT2D eigenvalue weighted by Gasteiger charge is 2.07. The quantitative estimate of drug-likeness (QED) is 0.644. The van der Waals surface area contributed by atoms with Crippen LogP contribution in [0.1, 0.15) is 19.8 Å². The van der Waals surface area contributed by atoms with Crippen LogP contribution in [0.5, 0.6) is 0 Å². The van der Waals surface area contributed by atoms with Crippen LogP contribution in [-0.2, 0) is 4.79 Å². The van der Waals surface area contributed by atoms with E-state index in [1.807, 2.05) is 6.26 Å². The Morgan fingerprint density at radius 1 is 1.67 bits per heavy atom. The standard InChI is InChI=1S/C8H18N2OS/c1-3-4-7(5-9)10-8(11)6-12-2/h7H,3-6,9H2,1-2H3,(H,10,11). The highest BCUT2D eigenvalue weighted by atomic mass is 32.2. The van der Waals surface area contributed by atoms with Crippen LogP contribution in [-0.4, -0.2) is 30.5 Å². The van der Waals surface area contributed by atoms with E-state index in [-0.39, 0.29) is 11.9 Å². The molecule has 0 aliphatic carbocycles. The minimum Gasteiger partial charge on any atom is -0.351 e. The van der Waals surface area contributed by atoms with E-state index in [0.29, 0.717) is 12.3 Å². The van der Waals surface area contributed by atoms with Gasteiger partial charge in [-0.05, 0) is 12.7 Å². The minimum absolute atomic E-state index is 0.0893. The fraction of sp³-hybridized carbons (Fsp3) is 0.875. The molecule has 0 rings (SSSR count). The van der Waals surface area contributed by atoms with Gasteiger partial charge in [-0.3, -0.25) is 4.79 Å². The van der Waals surface area contributed by atoms with Crippen molar-refractivity contribution in [1.82, 2.24) is 5.32 Å². The fourth-order valence-electron chi connectivity index (χ4n) is 0.998. The van der Waals surface area contributed by atoms with Crippen molar-refractivity contribution in [2.24, 2.45) is 5.73 Å². The molecule has 0 saturated carbocycles. The second-order valence-electron chi connectivity index (χ2n) is 2.72. The molecule has 1 atom stereocenters. The molecule has 0 heterocycles. The van der Waals surface area contributed by atoms with Gasteiger partial charge >= 0.3 is 0 Å². The number of amides is 1. The van der Waals surface area contributed by atoms with Crippen LogP contribution in [0.15, 0.2) is 0 Å². The van der Waals surface area contributed by atoms with E-state index >= 15 is 0 Å². The molecule has 0 fully saturated rings. The number of nitrogens with two attached hydrogens (primary N) is 1. The number of carbonyl (C=O) groups is 1. The normalized spacial score (nSPS) is 12.6. The third-order valence-electron chi connectivity index (χ3n) is 1.56. The maximum Gasteiger partial charge on any atom is 0.230 e. The molecule has 3 nitrogen and oxygen atoms in total. The highest BCUT2D eigenvalue weighted by Crippen LogP contribution is 1.96. The molecule has 4 heteroatoms. The lowest BCUT2D eigenvalue weighted by Gasteiger charge is -2.15. The van der Waals surface area contributed by atoms with Crippen molar-refractivity contribution in [2.45, 2.75) is 25.8 Å². The second kappa shape index (κ2) is 7.43. The van der Waals surface area contributed by atoms with Crippen LogP contribution in [0.3, 0.4) is 0 Å². The first-order valence-electron chi connectivity index (χ1n) is 4.23. The van der Waals surface area contributed by atoms with E-state index in [9.17, 15) is 4.79 Å². The van der Waals surface area contributed by atoms with Crippen LogP contribution in [0.2, 0.25) is 0 Å². The average Bonchev–Trinajstić information content (AvgIpc) is 2.04. The maximum absolute atomic E-state index is 11.1. The number of rotatable bonds is 6. The summed E-state index contributed by atoms with van der Waals surface area (Å²) in [4.78, 5) is 11.1. The minimum atomic E-state index is 0.0893. The van der Waals surface area contributed by atoms with Gasteiger partial charge in [0, 0.05) is 12.6 Å². The zero-order chi connectivity index (χ0) is 9.40. The van der Waals surface area contributed by atoms with E-state index < -0.39 is 0 Å². The molecule has 0 aliphatic heterocycles. The summed E-state index contributed by atoms with van der Waals surface area (Å²) in [5, 5.41) is 2.88. The van der Waals surface area contributed by atoms with Crippen molar-refractivity contribution in [2.75, 3.05) is 18.6 Å². The summed E-state index contributed by atoms with van der Waals surface area (Å²) in [5.74, 6) is 0.617. The number of thioether (sulfide) groups is 1. The smallest absolute Gasteiger partial charge is 0.230 e.